The minimum Gasteiger partial charge on any atom is -0.497 e. The third-order valence-electron chi connectivity index (χ3n) is 2.93. The number of nitrogens with two attached hydrogens (primary N) is 1. The molecule has 0 spiro atoms. The predicted octanol–water partition coefficient (Wildman–Crippen LogP) is 2.02. The van der Waals surface area contributed by atoms with Crippen LogP contribution in [0.25, 0.3) is 0 Å². The van der Waals surface area contributed by atoms with E-state index in [1.54, 1.807) is 14.2 Å². The lowest BCUT2D eigenvalue weighted by Gasteiger charge is -2.14. The summed E-state index contributed by atoms with van der Waals surface area (Å²) in [5.41, 5.74) is 6.93. The molecule has 0 heterocycles. The molecular formula is C16H27NO4. The average molecular weight is 297 g/mol. The van der Waals surface area contributed by atoms with E-state index in [-0.39, 0.29) is 6.04 Å². The second-order valence-electron chi connectivity index (χ2n) is 4.96. The Bertz CT molecular complexity index is 396. The smallest absolute Gasteiger partial charge is 0.122 e. The maximum Gasteiger partial charge on any atom is 0.122 e. The monoisotopic (exact) mass is 297 g/mol. The first kappa shape index (κ1) is 17.8. The molecule has 0 amide bonds. The summed E-state index contributed by atoms with van der Waals surface area (Å²) >= 11 is 0. The maximum atomic E-state index is 5.87. The molecule has 21 heavy (non-hydrogen) atoms. The van der Waals surface area contributed by atoms with E-state index < -0.39 is 0 Å². The fraction of sp³-hybridized carbons (Fsp3) is 0.625. The lowest BCUT2D eigenvalue weighted by atomic mass is 10.1. The highest BCUT2D eigenvalue weighted by molar-refractivity contribution is 5.40. The highest BCUT2D eigenvalue weighted by Gasteiger charge is 2.08. The van der Waals surface area contributed by atoms with Crippen molar-refractivity contribution in [1.29, 1.82) is 0 Å². The van der Waals surface area contributed by atoms with Crippen molar-refractivity contribution in [1.82, 2.24) is 0 Å². The van der Waals surface area contributed by atoms with Crippen molar-refractivity contribution in [3.8, 4) is 11.5 Å². The van der Waals surface area contributed by atoms with Crippen LogP contribution in [0, 0.1) is 0 Å². The minimum atomic E-state index is 0.0738. The zero-order valence-corrected chi connectivity index (χ0v) is 13.3. The molecule has 1 rings (SSSR count). The van der Waals surface area contributed by atoms with Crippen molar-refractivity contribution in [2.75, 3.05) is 40.6 Å². The summed E-state index contributed by atoms with van der Waals surface area (Å²) in [5, 5.41) is 0. The Morgan fingerprint density at radius 2 is 1.90 bits per heavy atom. The molecule has 1 aromatic rings. The molecule has 0 fully saturated rings. The summed E-state index contributed by atoms with van der Waals surface area (Å²) < 4.78 is 21.4. The summed E-state index contributed by atoms with van der Waals surface area (Å²) in [4.78, 5) is 0. The van der Waals surface area contributed by atoms with E-state index >= 15 is 0 Å². The maximum absolute atomic E-state index is 5.87. The first-order valence-corrected chi connectivity index (χ1v) is 7.29. The number of methoxy groups -OCH3 is 2. The lowest BCUT2D eigenvalue weighted by molar-refractivity contribution is 0.0804. The SMILES string of the molecule is COCCCOCCOc1ccc(OC)cc1CC(C)N. The van der Waals surface area contributed by atoms with Gasteiger partial charge < -0.3 is 24.7 Å². The Hall–Kier alpha value is -1.30. The van der Waals surface area contributed by atoms with Gasteiger partial charge in [0.1, 0.15) is 18.1 Å². The van der Waals surface area contributed by atoms with E-state index in [4.69, 9.17) is 24.7 Å². The first-order valence-electron chi connectivity index (χ1n) is 7.29. The van der Waals surface area contributed by atoms with Crippen molar-refractivity contribution < 1.29 is 18.9 Å². The molecular weight excluding hydrogens is 270 g/mol. The van der Waals surface area contributed by atoms with Crippen molar-refractivity contribution in [2.24, 2.45) is 5.73 Å². The van der Waals surface area contributed by atoms with Crippen molar-refractivity contribution in [2.45, 2.75) is 25.8 Å². The Morgan fingerprint density at radius 1 is 1.10 bits per heavy atom. The van der Waals surface area contributed by atoms with Gasteiger partial charge in [0.15, 0.2) is 0 Å². The minimum absolute atomic E-state index is 0.0738. The molecule has 2 N–H and O–H groups in total. The molecule has 1 aromatic carbocycles. The molecule has 0 saturated carbocycles. The zero-order valence-electron chi connectivity index (χ0n) is 13.3. The van der Waals surface area contributed by atoms with Gasteiger partial charge in [0.2, 0.25) is 0 Å². The summed E-state index contributed by atoms with van der Waals surface area (Å²) in [5.74, 6) is 1.66. The predicted molar refractivity (Wildman–Crippen MR) is 83.2 cm³/mol. The first-order chi connectivity index (χ1) is 10.2. The molecule has 0 bridgehead atoms. The molecule has 0 saturated heterocycles. The summed E-state index contributed by atoms with van der Waals surface area (Å²) in [7, 11) is 3.34. The summed E-state index contributed by atoms with van der Waals surface area (Å²) in [6.45, 7) is 4.46. The van der Waals surface area contributed by atoms with E-state index in [9.17, 15) is 0 Å². The number of hydrogen-bond acceptors (Lipinski definition) is 5. The summed E-state index contributed by atoms with van der Waals surface area (Å²) in [6.07, 6.45) is 1.65. The second kappa shape index (κ2) is 10.4. The fourth-order valence-electron chi connectivity index (χ4n) is 1.95. The van der Waals surface area contributed by atoms with Crippen LogP contribution in [0.15, 0.2) is 18.2 Å². The van der Waals surface area contributed by atoms with E-state index in [0.29, 0.717) is 19.8 Å². The van der Waals surface area contributed by atoms with Crippen LogP contribution in [-0.2, 0) is 15.9 Å². The second-order valence-corrected chi connectivity index (χ2v) is 4.96. The Kier molecular flexibility index (Phi) is 8.82. The quantitative estimate of drug-likeness (QED) is 0.633. The van der Waals surface area contributed by atoms with Gasteiger partial charge in [0, 0.05) is 26.4 Å². The largest absolute Gasteiger partial charge is 0.497 e. The van der Waals surface area contributed by atoms with E-state index in [1.807, 2.05) is 25.1 Å². The van der Waals surface area contributed by atoms with Crippen molar-refractivity contribution >= 4 is 0 Å². The normalized spacial score (nSPS) is 12.2. The number of hydrogen-bond donors (Lipinski definition) is 1. The molecule has 0 aliphatic rings. The molecule has 120 valence electrons. The summed E-state index contributed by atoms with van der Waals surface area (Å²) in [6, 6.07) is 5.85. The number of ether oxygens (including phenoxy) is 4. The molecule has 5 heteroatoms. The van der Waals surface area contributed by atoms with Gasteiger partial charge in [-0.05, 0) is 43.5 Å². The van der Waals surface area contributed by atoms with Gasteiger partial charge in [0.05, 0.1) is 13.7 Å². The van der Waals surface area contributed by atoms with Gasteiger partial charge in [-0.3, -0.25) is 0 Å². The third-order valence-corrected chi connectivity index (χ3v) is 2.93. The molecule has 0 radical (unpaired) electrons. The van der Waals surface area contributed by atoms with Crippen LogP contribution in [0.5, 0.6) is 11.5 Å². The zero-order chi connectivity index (χ0) is 15.5. The number of benzene rings is 1. The fourth-order valence-corrected chi connectivity index (χ4v) is 1.95. The van der Waals surface area contributed by atoms with Crippen LogP contribution in [0.3, 0.4) is 0 Å². The Labute approximate surface area is 127 Å². The average Bonchev–Trinajstić information content (AvgIpc) is 2.47. The molecule has 0 aliphatic carbocycles. The van der Waals surface area contributed by atoms with Crippen molar-refractivity contribution in [3.63, 3.8) is 0 Å². The van der Waals surface area contributed by atoms with Gasteiger partial charge in [-0.15, -0.1) is 0 Å². The van der Waals surface area contributed by atoms with Gasteiger partial charge in [0.25, 0.3) is 0 Å². The van der Waals surface area contributed by atoms with E-state index in [1.165, 1.54) is 0 Å². The van der Waals surface area contributed by atoms with Crippen LogP contribution in [0.1, 0.15) is 18.9 Å². The van der Waals surface area contributed by atoms with E-state index in [2.05, 4.69) is 0 Å². The molecule has 1 atom stereocenters. The highest BCUT2D eigenvalue weighted by atomic mass is 16.5. The van der Waals surface area contributed by atoms with Crippen LogP contribution >= 0.6 is 0 Å². The number of rotatable bonds is 11. The highest BCUT2D eigenvalue weighted by Crippen LogP contribution is 2.25. The molecule has 0 aromatic heterocycles. The lowest BCUT2D eigenvalue weighted by Crippen LogP contribution is -2.18. The Morgan fingerprint density at radius 3 is 2.57 bits per heavy atom. The molecule has 0 aliphatic heterocycles. The van der Waals surface area contributed by atoms with Crippen LogP contribution in [-0.4, -0.2) is 46.7 Å². The van der Waals surface area contributed by atoms with Crippen LogP contribution in [0.4, 0.5) is 0 Å². The van der Waals surface area contributed by atoms with Crippen LogP contribution < -0.4 is 15.2 Å². The van der Waals surface area contributed by atoms with Gasteiger partial charge >= 0.3 is 0 Å². The topological polar surface area (TPSA) is 62.9 Å². The Balaban J connectivity index is 2.42. The van der Waals surface area contributed by atoms with Gasteiger partial charge in [-0.1, -0.05) is 0 Å². The van der Waals surface area contributed by atoms with Gasteiger partial charge in [-0.2, -0.15) is 0 Å². The van der Waals surface area contributed by atoms with Crippen molar-refractivity contribution in [3.05, 3.63) is 23.8 Å². The standard InChI is InChI=1S/C16H27NO4/c1-13(17)11-14-12-15(19-3)5-6-16(14)21-10-9-20-8-4-7-18-2/h5-6,12-13H,4,7-11,17H2,1-3H3. The third kappa shape index (κ3) is 7.32. The molecule has 1 unspecified atom stereocenters. The van der Waals surface area contributed by atoms with Gasteiger partial charge in [-0.25, -0.2) is 0 Å². The molecule has 5 nitrogen and oxygen atoms in total. The van der Waals surface area contributed by atoms with E-state index in [0.717, 1.165) is 36.5 Å². The van der Waals surface area contributed by atoms with Crippen LogP contribution in [0.2, 0.25) is 0 Å².